The van der Waals surface area contributed by atoms with Crippen LogP contribution < -0.4 is 5.73 Å². The minimum atomic E-state index is 0.478. The summed E-state index contributed by atoms with van der Waals surface area (Å²) < 4.78 is 0. The smallest absolute Gasteiger partial charge is 0.119 e. The van der Waals surface area contributed by atoms with Crippen molar-refractivity contribution in [3.63, 3.8) is 0 Å². The van der Waals surface area contributed by atoms with Crippen LogP contribution in [0.15, 0.2) is 6.07 Å². The molecule has 0 unspecified atom stereocenters. The predicted octanol–water partition coefficient (Wildman–Crippen LogP) is 2.47. The number of benzene rings is 1. The predicted molar refractivity (Wildman–Crippen MR) is 66.9 cm³/mol. The second kappa shape index (κ2) is 4.88. The van der Waals surface area contributed by atoms with E-state index >= 15 is 0 Å². The topological polar surface area (TPSA) is 46.2 Å². The first kappa shape index (κ1) is 11.5. The maximum atomic E-state index is 10.0. The van der Waals surface area contributed by atoms with Crippen molar-refractivity contribution >= 4 is 0 Å². The Morgan fingerprint density at radius 1 is 1.25 bits per heavy atom. The van der Waals surface area contributed by atoms with Gasteiger partial charge in [0.1, 0.15) is 5.75 Å². The number of hydrogen-bond acceptors (Lipinski definition) is 2. The van der Waals surface area contributed by atoms with Gasteiger partial charge in [-0.15, -0.1) is 0 Å². The molecular formula is C14H21NO. The molecule has 1 aromatic rings. The first-order chi connectivity index (χ1) is 7.74. The van der Waals surface area contributed by atoms with Crippen molar-refractivity contribution < 1.29 is 5.11 Å². The van der Waals surface area contributed by atoms with E-state index in [-0.39, 0.29) is 0 Å². The lowest BCUT2D eigenvalue weighted by molar-refractivity contribution is 0.463. The minimum Gasteiger partial charge on any atom is -0.508 e. The average Bonchev–Trinajstić information content (AvgIpc) is 2.29. The molecule has 1 aliphatic rings. The van der Waals surface area contributed by atoms with E-state index in [1.165, 1.54) is 36.0 Å². The molecule has 0 bridgehead atoms. The van der Waals surface area contributed by atoms with Crippen molar-refractivity contribution in [3.8, 4) is 5.75 Å². The van der Waals surface area contributed by atoms with Gasteiger partial charge < -0.3 is 10.8 Å². The van der Waals surface area contributed by atoms with E-state index in [9.17, 15) is 5.11 Å². The second-order valence-electron chi connectivity index (χ2n) is 4.75. The van der Waals surface area contributed by atoms with Crippen LogP contribution in [0.25, 0.3) is 0 Å². The van der Waals surface area contributed by atoms with E-state index in [1.807, 2.05) is 6.07 Å². The fraction of sp³-hybridized carbons (Fsp3) is 0.571. The number of hydrogen-bond donors (Lipinski definition) is 2. The first-order valence-electron chi connectivity index (χ1n) is 6.27. The molecule has 0 fully saturated rings. The lowest BCUT2D eigenvalue weighted by atomic mass is 9.84. The van der Waals surface area contributed by atoms with Crippen LogP contribution in [0.5, 0.6) is 5.75 Å². The Bertz CT molecular complexity index is 385. The third kappa shape index (κ3) is 2.07. The molecule has 0 aromatic heterocycles. The molecule has 0 amide bonds. The summed E-state index contributed by atoms with van der Waals surface area (Å²) >= 11 is 0. The fourth-order valence-electron chi connectivity index (χ4n) is 2.77. The Morgan fingerprint density at radius 3 is 2.62 bits per heavy atom. The van der Waals surface area contributed by atoms with Gasteiger partial charge in [0.25, 0.3) is 0 Å². The molecule has 0 heterocycles. The maximum Gasteiger partial charge on any atom is 0.119 e. The van der Waals surface area contributed by atoms with Gasteiger partial charge in [-0.2, -0.15) is 0 Å². The van der Waals surface area contributed by atoms with Crippen molar-refractivity contribution in [2.75, 3.05) is 6.54 Å². The number of aryl methyl sites for hydroxylation is 1. The molecule has 2 nitrogen and oxygen atoms in total. The zero-order chi connectivity index (χ0) is 11.5. The SMILES string of the molecule is Cc1cc(O)c(CCCN)c2c1CCCC2. The number of rotatable bonds is 3. The lowest BCUT2D eigenvalue weighted by Crippen LogP contribution is -2.10. The lowest BCUT2D eigenvalue weighted by Gasteiger charge is -2.22. The van der Waals surface area contributed by atoms with E-state index in [2.05, 4.69) is 6.92 Å². The van der Waals surface area contributed by atoms with Gasteiger partial charge in [0.15, 0.2) is 0 Å². The Labute approximate surface area is 97.5 Å². The first-order valence-corrected chi connectivity index (χ1v) is 6.27. The Kier molecular flexibility index (Phi) is 3.49. The van der Waals surface area contributed by atoms with Crippen molar-refractivity contribution in [1.29, 1.82) is 0 Å². The summed E-state index contributed by atoms with van der Waals surface area (Å²) in [6, 6.07) is 1.93. The van der Waals surface area contributed by atoms with Gasteiger partial charge in [0, 0.05) is 0 Å². The normalized spacial score (nSPS) is 14.9. The molecule has 0 aliphatic heterocycles. The van der Waals surface area contributed by atoms with Crippen LogP contribution in [0.2, 0.25) is 0 Å². The Balaban J connectivity index is 2.41. The van der Waals surface area contributed by atoms with Crippen LogP contribution in [-0.2, 0) is 19.3 Å². The highest BCUT2D eigenvalue weighted by molar-refractivity contribution is 5.49. The van der Waals surface area contributed by atoms with Gasteiger partial charge in [-0.3, -0.25) is 0 Å². The number of nitrogens with two attached hydrogens (primary N) is 1. The molecule has 0 spiro atoms. The molecule has 2 rings (SSSR count). The van der Waals surface area contributed by atoms with E-state index in [0.717, 1.165) is 24.8 Å². The van der Waals surface area contributed by atoms with Crippen LogP contribution in [0.1, 0.15) is 41.5 Å². The van der Waals surface area contributed by atoms with Gasteiger partial charge in [-0.05, 0) is 80.3 Å². The summed E-state index contributed by atoms with van der Waals surface area (Å²) in [6.07, 6.45) is 6.73. The third-order valence-corrected chi connectivity index (χ3v) is 3.60. The van der Waals surface area contributed by atoms with Crippen molar-refractivity contribution in [3.05, 3.63) is 28.3 Å². The monoisotopic (exact) mass is 219 g/mol. The number of aromatic hydroxyl groups is 1. The van der Waals surface area contributed by atoms with Crippen molar-refractivity contribution in [2.45, 2.75) is 45.4 Å². The summed E-state index contributed by atoms with van der Waals surface area (Å²) in [6.45, 7) is 2.80. The summed E-state index contributed by atoms with van der Waals surface area (Å²) in [5, 5.41) is 10.0. The molecule has 0 saturated carbocycles. The van der Waals surface area contributed by atoms with Gasteiger partial charge in [-0.25, -0.2) is 0 Å². The van der Waals surface area contributed by atoms with Crippen LogP contribution in [0.3, 0.4) is 0 Å². The largest absolute Gasteiger partial charge is 0.508 e. The molecule has 88 valence electrons. The highest BCUT2D eigenvalue weighted by Crippen LogP contribution is 2.33. The third-order valence-electron chi connectivity index (χ3n) is 3.60. The maximum absolute atomic E-state index is 10.0. The summed E-state index contributed by atoms with van der Waals surface area (Å²) in [5.74, 6) is 0.478. The van der Waals surface area contributed by atoms with Crippen LogP contribution in [0, 0.1) is 6.92 Å². The number of phenolic OH excluding ortho intramolecular Hbond substituents is 1. The van der Waals surface area contributed by atoms with E-state index < -0.39 is 0 Å². The van der Waals surface area contributed by atoms with Gasteiger partial charge in [0.05, 0.1) is 0 Å². The molecule has 1 aliphatic carbocycles. The van der Waals surface area contributed by atoms with Crippen molar-refractivity contribution in [1.82, 2.24) is 0 Å². The minimum absolute atomic E-state index is 0.478. The molecule has 16 heavy (non-hydrogen) atoms. The fourth-order valence-corrected chi connectivity index (χ4v) is 2.77. The van der Waals surface area contributed by atoms with E-state index in [1.54, 1.807) is 0 Å². The van der Waals surface area contributed by atoms with E-state index in [0.29, 0.717) is 12.3 Å². The zero-order valence-electron chi connectivity index (χ0n) is 10.1. The molecule has 0 saturated heterocycles. The van der Waals surface area contributed by atoms with Crippen LogP contribution in [-0.4, -0.2) is 11.7 Å². The summed E-state index contributed by atoms with van der Waals surface area (Å²) in [7, 11) is 0. The molecular weight excluding hydrogens is 198 g/mol. The van der Waals surface area contributed by atoms with Gasteiger partial charge in [-0.1, -0.05) is 0 Å². The Hall–Kier alpha value is -1.02. The highest BCUT2D eigenvalue weighted by Gasteiger charge is 2.18. The Morgan fingerprint density at radius 2 is 1.94 bits per heavy atom. The van der Waals surface area contributed by atoms with Gasteiger partial charge in [0.2, 0.25) is 0 Å². The second-order valence-corrected chi connectivity index (χ2v) is 4.75. The highest BCUT2D eigenvalue weighted by atomic mass is 16.3. The van der Waals surface area contributed by atoms with Gasteiger partial charge >= 0.3 is 0 Å². The molecule has 0 radical (unpaired) electrons. The van der Waals surface area contributed by atoms with E-state index in [4.69, 9.17) is 5.73 Å². The molecule has 2 heteroatoms. The molecule has 0 atom stereocenters. The summed E-state index contributed by atoms with van der Waals surface area (Å²) in [5.41, 5.74) is 10.9. The van der Waals surface area contributed by atoms with Crippen molar-refractivity contribution in [2.24, 2.45) is 5.73 Å². The molecule has 3 N–H and O–H groups in total. The standard InChI is InChI=1S/C14H21NO/c1-10-9-14(16)13(7-4-8-15)12-6-3-2-5-11(10)12/h9,16H,2-8,15H2,1H3. The summed E-state index contributed by atoms with van der Waals surface area (Å²) in [4.78, 5) is 0. The molecule has 1 aromatic carbocycles. The average molecular weight is 219 g/mol. The quantitative estimate of drug-likeness (QED) is 0.820. The zero-order valence-corrected chi connectivity index (χ0v) is 10.1. The van der Waals surface area contributed by atoms with Crippen LogP contribution >= 0.6 is 0 Å². The van der Waals surface area contributed by atoms with Crippen LogP contribution in [0.4, 0.5) is 0 Å². The number of phenols is 1. The number of fused-ring (bicyclic) bond motifs is 1.